The molecule has 1 aromatic rings. The molecule has 0 aromatic carbocycles. The molecule has 4 nitrogen and oxygen atoms in total. The SMILES string of the molecule is CCCCCOc1cccn(CCCO)c1=O. The van der Waals surface area contributed by atoms with Gasteiger partial charge in [0.05, 0.1) is 6.61 Å². The fraction of sp³-hybridized carbons (Fsp3) is 0.615. The van der Waals surface area contributed by atoms with E-state index in [1.165, 1.54) is 0 Å². The summed E-state index contributed by atoms with van der Waals surface area (Å²) in [6, 6.07) is 3.50. The van der Waals surface area contributed by atoms with Crippen LogP contribution in [0.1, 0.15) is 32.6 Å². The maximum absolute atomic E-state index is 11.9. The average Bonchev–Trinajstić information content (AvgIpc) is 2.35. The van der Waals surface area contributed by atoms with Crippen LogP contribution in [0.15, 0.2) is 23.1 Å². The van der Waals surface area contributed by atoms with Crippen molar-refractivity contribution >= 4 is 0 Å². The van der Waals surface area contributed by atoms with Gasteiger partial charge in [-0.15, -0.1) is 0 Å². The Morgan fingerprint density at radius 1 is 1.35 bits per heavy atom. The molecule has 1 rings (SSSR count). The Balaban J connectivity index is 2.57. The molecule has 0 saturated carbocycles. The molecular formula is C13H21NO3. The van der Waals surface area contributed by atoms with E-state index < -0.39 is 0 Å². The predicted octanol–water partition coefficient (Wildman–Crippen LogP) is 1.80. The first kappa shape index (κ1) is 13.8. The second-order valence-electron chi connectivity index (χ2n) is 4.00. The summed E-state index contributed by atoms with van der Waals surface area (Å²) in [4.78, 5) is 11.9. The zero-order valence-electron chi connectivity index (χ0n) is 10.4. The topological polar surface area (TPSA) is 51.5 Å². The number of aromatic nitrogens is 1. The molecule has 0 radical (unpaired) electrons. The maximum Gasteiger partial charge on any atom is 0.292 e. The Bertz CT molecular complexity index is 373. The normalized spacial score (nSPS) is 10.5. The molecule has 0 bridgehead atoms. The highest BCUT2D eigenvalue weighted by atomic mass is 16.5. The first-order valence-corrected chi connectivity index (χ1v) is 6.22. The molecule has 1 heterocycles. The van der Waals surface area contributed by atoms with Crippen molar-refractivity contribution in [1.82, 2.24) is 4.57 Å². The van der Waals surface area contributed by atoms with Crippen LogP contribution in [0.5, 0.6) is 5.75 Å². The van der Waals surface area contributed by atoms with Gasteiger partial charge >= 0.3 is 0 Å². The highest BCUT2D eigenvalue weighted by Gasteiger charge is 2.03. The van der Waals surface area contributed by atoms with Crippen molar-refractivity contribution < 1.29 is 9.84 Å². The third-order valence-corrected chi connectivity index (χ3v) is 2.55. The molecule has 1 N–H and O–H groups in total. The van der Waals surface area contributed by atoms with Gasteiger partial charge in [-0.05, 0) is 25.0 Å². The van der Waals surface area contributed by atoms with Gasteiger partial charge in [-0.2, -0.15) is 0 Å². The Kier molecular flexibility index (Phi) is 6.40. The average molecular weight is 239 g/mol. The summed E-state index contributed by atoms with van der Waals surface area (Å²) in [7, 11) is 0. The van der Waals surface area contributed by atoms with Gasteiger partial charge in [0.25, 0.3) is 5.56 Å². The molecule has 0 atom stereocenters. The van der Waals surface area contributed by atoms with Gasteiger partial charge in [0, 0.05) is 19.3 Å². The molecule has 0 amide bonds. The number of aryl methyl sites for hydroxylation is 1. The predicted molar refractivity (Wildman–Crippen MR) is 67.4 cm³/mol. The van der Waals surface area contributed by atoms with Gasteiger partial charge in [0.1, 0.15) is 0 Å². The molecular weight excluding hydrogens is 218 g/mol. The first-order chi connectivity index (χ1) is 8.29. The molecule has 0 aliphatic heterocycles. The molecule has 0 spiro atoms. The maximum atomic E-state index is 11.9. The van der Waals surface area contributed by atoms with Crippen LogP contribution in [0, 0.1) is 0 Å². The Hall–Kier alpha value is -1.29. The fourth-order valence-electron chi connectivity index (χ4n) is 1.58. The number of rotatable bonds is 8. The third-order valence-electron chi connectivity index (χ3n) is 2.55. The molecule has 1 aromatic heterocycles. The lowest BCUT2D eigenvalue weighted by Crippen LogP contribution is -2.22. The molecule has 0 unspecified atom stereocenters. The van der Waals surface area contributed by atoms with Gasteiger partial charge in [-0.25, -0.2) is 0 Å². The molecule has 0 aliphatic carbocycles. The van der Waals surface area contributed by atoms with E-state index in [9.17, 15) is 4.79 Å². The summed E-state index contributed by atoms with van der Waals surface area (Å²) >= 11 is 0. The van der Waals surface area contributed by atoms with Crippen LogP contribution in [0.25, 0.3) is 0 Å². The standard InChI is InChI=1S/C13H21NO3/c1-2-3-4-11-17-12-7-5-8-14(13(12)16)9-6-10-15/h5,7-8,15H,2-4,6,9-11H2,1H3. The minimum atomic E-state index is -0.113. The second kappa shape index (κ2) is 7.90. The summed E-state index contributed by atoms with van der Waals surface area (Å²) in [6.07, 6.45) is 5.53. The largest absolute Gasteiger partial charge is 0.488 e. The number of unbranched alkanes of at least 4 members (excludes halogenated alkanes) is 2. The third kappa shape index (κ3) is 4.61. The van der Waals surface area contributed by atoms with Crippen LogP contribution < -0.4 is 10.3 Å². The minimum Gasteiger partial charge on any atom is -0.488 e. The van der Waals surface area contributed by atoms with E-state index in [0.717, 1.165) is 19.3 Å². The van der Waals surface area contributed by atoms with Gasteiger partial charge in [-0.1, -0.05) is 19.8 Å². The van der Waals surface area contributed by atoms with Crippen molar-refractivity contribution in [2.45, 2.75) is 39.2 Å². The van der Waals surface area contributed by atoms with E-state index in [1.807, 2.05) is 0 Å². The lowest BCUT2D eigenvalue weighted by atomic mass is 10.3. The van der Waals surface area contributed by atoms with Crippen molar-refractivity contribution in [3.63, 3.8) is 0 Å². The van der Waals surface area contributed by atoms with Crippen molar-refractivity contribution in [2.24, 2.45) is 0 Å². The van der Waals surface area contributed by atoms with Gasteiger partial charge in [-0.3, -0.25) is 4.79 Å². The zero-order valence-corrected chi connectivity index (χ0v) is 10.4. The van der Waals surface area contributed by atoms with Crippen LogP contribution in [-0.2, 0) is 6.54 Å². The van der Waals surface area contributed by atoms with Crippen molar-refractivity contribution in [2.75, 3.05) is 13.2 Å². The van der Waals surface area contributed by atoms with Gasteiger partial charge in [0.15, 0.2) is 5.75 Å². The van der Waals surface area contributed by atoms with Crippen LogP contribution in [0.3, 0.4) is 0 Å². The number of pyridine rings is 1. The van der Waals surface area contributed by atoms with Crippen LogP contribution in [-0.4, -0.2) is 22.9 Å². The summed E-state index contributed by atoms with van der Waals surface area (Å²) in [6.45, 7) is 3.34. The monoisotopic (exact) mass is 239 g/mol. The highest BCUT2D eigenvalue weighted by Crippen LogP contribution is 2.04. The van der Waals surface area contributed by atoms with Crippen molar-refractivity contribution in [3.05, 3.63) is 28.7 Å². The van der Waals surface area contributed by atoms with E-state index in [0.29, 0.717) is 25.3 Å². The van der Waals surface area contributed by atoms with Crippen LogP contribution >= 0.6 is 0 Å². The number of hydrogen-bond acceptors (Lipinski definition) is 3. The van der Waals surface area contributed by atoms with E-state index in [-0.39, 0.29) is 12.2 Å². The molecule has 17 heavy (non-hydrogen) atoms. The van der Waals surface area contributed by atoms with Crippen molar-refractivity contribution in [1.29, 1.82) is 0 Å². The minimum absolute atomic E-state index is 0.0913. The molecule has 0 fully saturated rings. The Morgan fingerprint density at radius 2 is 2.18 bits per heavy atom. The number of ether oxygens (including phenoxy) is 1. The molecule has 96 valence electrons. The Morgan fingerprint density at radius 3 is 2.88 bits per heavy atom. The smallest absolute Gasteiger partial charge is 0.292 e. The van der Waals surface area contributed by atoms with E-state index in [4.69, 9.17) is 9.84 Å². The van der Waals surface area contributed by atoms with E-state index in [2.05, 4.69) is 6.92 Å². The summed E-state index contributed by atoms with van der Waals surface area (Å²) < 4.78 is 7.04. The number of nitrogens with zero attached hydrogens (tertiary/aromatic N) is 1. The van der Waals surface area contributed by atoms with Gasteiger partial charge < -0.3 is 14.4 Å². The molecule has 0 aliphatic rings. The number of hydrogen-bond donors (Lipinski definition) is 1. The van der Waals surface area contributed by atoms with Crippen LogP contribution in [0.4, 0.5) is 0 Å². The first-order valence-electron chi connectivity index (χ1n) is 6.22. The zero-order chi connectivity index (χ0) is 12.5. The van der Waals surface area contributed by atoms with Crippen molar-refractivity contribution in [3.8, 4) is 5.75 Å². The molecule has 0 saturated heterocycles. The number of aliphatic hydroxyl groups excluding tert-OH is 1. The highest BCUT2D eigenvalue weighted by molar-refractivity contribution is 5.17. The summed E-state index contributed by atoms with van der Waals surface area (Å²) in [5.74, 6) is 0.404. The lowest BCUT2D eigenvalue weighted by Gasteiger charge is -2.08. The van der Waals surface area contributed by atoms with Gasteiger partial charge in [0.2, 0.25) is 0 Å². The number of aliphatic hydroxyl groups is 1. The lowest BCUT2D eigenvalue weighted by molar-refractivity contribution is 0.275. The fourth-order valence-corrected chi connectivity index (χ4v) is 1.58. The van der Waals surface area contributed by atoms with Crippen LogP contribution in [0.2, 0.25) is 0 Å². The quantitative estimate of drug-likeness (QED) is 0.704. The van der Waals surface area contributed by atoms with E-state index >= 15 is 0 Å². The summed E-state index contributed by atoms with van der Waals surface area (Å²) in [5, 5.41) is 8.74. The second-order valence-corrected chi connectivity index (χ2v) is 4.00. The molecule has 4 heteroatoms. The Labute approximate surface area is 102 Å². The summed E-state index contributed by atoms with van der Waals surface area (Å²) in [5.41, 5.74) is -0.113. The van der Waals surface area contributed by atoms with E-state index in [1.54, 1.807) is 22.9 Å².